The lowest BCUT2D eigenvalue weighted by Crippen LogP contribution is -2.34. The molecule has 1 aliphatic rings. The molecule has 1 aliphatic heterocycles. The molecule has 2 aromatic rings. The summed E-state index contributed by atoms with van der Waals surface area (Å²) in [5.74, 6) is 1.21. The van der Waals surface area contributed by atoms with Crippen molar-refractivity contribution >= 4 is 22.7 Å². The topological polar surface area (TPSA) is 64.3 Å². The monoisotopic (exact) mass is 272 g/mol. The number of hydrogen-bond donors (Lipinski definition) is 1. The zero-order valence-electron chi connectivity index (χ0n) is 11.7. The minimum atomic E-state index is 0.265. The van der Waals surface area contributed by atoms with Gasteiger partial charge in [-0.25, -0.2) is 9.97 Å². The van der Waals surface area contributed by atoms with Gasteiger partial charge in [-0.15, -0.1) is 0 Å². The molecule has 1 aromatic heterocycles. The number of aromatic nitrogens is 2. The quantitative estimate of drug-likeness (QED) is 0.928. The summed E-state index contributed by atoms with van der Waals surface area (Å²) < 4.78 is 5.77. The van der Waals surface area contributed by atoms with Gasteiger partial charge in [-0.3, -0.25) is 0 Å². The summed E-state index contributed by atoms with van der Waals surface area (Å²) in [6.45, 7) is 1.66. The predicted molar refractivity (Wildman–Crippen MR) is 80.8 cm³/mol. The van der Waals surface area contributed by atoms with Crippen LogP contribution in [0.25, 0.3) is 11.0 Å². The Labute approximate surface area is 118 Å². The highest BCUT2D eigenvalue weighted by Gasteiger charge is 2.18. The number of ether oxygens (including phenoxy) is 1. The predicted octanol–water partition coefficient (Wildman–Crippen LogP) is 2.22. The second kappa shape index (κ2) is 5.63. The van der Waals surface area contributed by atoms with Crippen LogP contribution in [-0.2, 0) is 4.74 Å². The molecule has 2 heterocycles. The zero-order chi connectivity index (χ0) is 13.9. The summed E-state index contributed by atoms with van der Waals surface area (Å²) in [6.07, 6.45) is 3.77. The van der Waals surface area contributed by atoms with E-state index < -0.39 is 0 Å². The minimum absolute atomic E-state index is 0.265. The van der Waals surface area contributed by atoms with E-state index in [1.807, 2.05) is 36.2 Å². The van der Waals surface area contributed by atoms with E-state index in [0.717, 1.165) is 42.8 Å². The zero-order valence-corrected chi connectivity index (χ0v) is 11.7. The Kier molecular flexibility index (Phi) is 3.69. The first kappa shape index (κ1) is 13.1. The van der Waals surface area contributed by atoms with Crippen LogP contribution >= 0.6 is 0 Å². The van der Waals surface area contributed by atoms with E-state index in [9.17, 15) is 0 Å². The molecule has 106 valence electrons. The van der Waals surface area contributed by atoms with Crippen LogP contribution < -0.4 is 10.6 Å². The van der Waals surface area contributed by atoms with Crippen molar-refractivity contribution in [3.8, 4) is 0 Å². The highest BCUT2D eigenvalue weighted by atomic mass is 16.5. The molecule has 0 radical (unpaired) electrons. The highest BCUT2D eigenvalue weighted by molar-refractivity contribution is 5.79. The third-order valence-electron chi connectivity index (χ3n) is 3.69. The second-order valence-electron chi connectivity index (χ2n) is 5.29. The fourth-order valence-corrected chi connectivity index (χ4v) is 2.63. The lowest BCUT2D eigenvalue weighted by molar-refractivity contribution is 0.0215. The minimum Gasteiger partial charge on any atom is -0.381 e. The molecule has 5 heteroatoms. The molecule has 0 spiro atoms. The van der Waals surface area contributed by atoms with Gasteiger partial charge in [0, 0.05) is 20.2 Å². The van der Waals surface area contributed by atoms with Crippen molar-refractivity contribution in [1.82, 2.24) is 9.97 Å². The Bertz CT molecular complexity index is 595. The maximum atomic E-state index is 6.04. The molecule has 0 bridgehead atoms. The number of nitrogens with zero attached hydrogens (tertiary/aromatic N) is 3. The van der Waals surface area contributed by atoms with Gasteiger partial charge in [-0.1, -0.05) is 12.1 Å². The van der Waals surface area contributed by atoms with Gasteiger partial charge in [-0.2, -0.15) is 0 Å². The molecule has 1 fully saturated rings. The van der Waals surface area contributed by atoms with Gasteiger partial charge in [0.2, 0.25) is 0 Å². The van der Waals surface area contributed by atoms with Crippen LogP contribution in [0.5, 0.6) is 0 Å². The molecule has 3 rings (SSSR count). The summed E-state index contributed by atoms with van der Waals surface area (Å²) in [4.78, 5) is 11.1. The Morgan fingerprint density at radius 2 is 2.00 bits per heavy atom. The summed E-state index contributed by atoms with van der Waals surface area (Å²) in [6, 6.07) is 7.78. The smallest absolute Gasteiger partial charge is 0.172 e. The van der Waals surface area contributed by atoms with Crippen LogP contribution in [0.3, 0.4) is 0 Å². The van der Waals surface area contributed by atoms with Gasteiger partial charge in [0.25, 0.3) is 0 Å². The van der Waals surface area contributed by atoms with Crippen molar-refractivity contribution in [3.05, 3.63) is 24.3 Å². The maximum Gasteiger partial charge on any atom is 0.172 e. The fraction of sp³-hybridized carbons (Fsp3) is 0.467. The Morgan fingerprint density at radius 1 is 1.25 bits per heavy atom. The fourth-order valence-electron chi connectivity index (χ4n) is 2.63. The van der Waals surface area contributed by atoms with Crippen molar-refractivity contribution in [2.45, 2.75) is 25.4 Å². The molecule has 20 heavy (non-hydrogen) atoms. The van der Waals surface area contributed by atoms with Crippen LogP contribution in [0.4, 0.5) is 11.6 Å². The summed E-state index contributed by atoms with van der Waals surface area (Å²) in [7, 11) is 1.99. The van der Waals surface area contributed by atoms with Gasteiger partial charge < -0.3 is 15.4 Å². The van der Waals surface area contributed by atoms with E-state index in [0.29, 0.717) is 5.82 Å². The lowest BCUT2D eigenvalue weighted by atomic mass is 10.1. The third kappa shape index (κ3) is 2.67. The van der Waals surface area contributed by atoms with Gasteiger partial charge in [0.1, 0.15) is 0 Å². The first-order chi connectivity index (χ1) is 9.74. The molecular formula is C15H20N4O. The molecule has 0 amide bonds. The van der Waals surface area contributed by atoms with Crippen molar-refractivity contribution in [3.63, 3.8) is 0 Å². The summed E-state index contributed by atoms with van der Waals surface area (Å²) in [5, 5.41) is 0. The van der Waals surface area contributed by atoms with Crippen molar-refractivity contribution in [2.75, 3.05) is 30.8 Å². The number of para-hydroxylation sites is 2. The number of fused-ring (bicyclic) bond motifs is 1. The van der Waals surface area contributed by atoms with Crippen LogP contribution in [-0.4, -0.2) is 36.3 Å². The Balaban J connectivity index is 1.82. The number of benzene rings is 1. The van der Waals surface area contributed by atoms with E-state index in [4.69, 9.17) is 10.5 Å². The van der Waals surface area contributed by atoms with Crippen molar-refractivity contribution in [1.29, 1.82) is 0 Å². The molecule has 0 aliphatic carbocycles. The summed E-state index contributed by atoms with van der Waals surface area (Å²) in [5.41, 5.74) is 7.73. The Morgan fingerprint density at radius 3 is 2.70 bits per heavy atom. The van der Waals surface area contributed by atoms with E-state index in [-0.39, 0.29) is 6.10 Å². The van der Waals surface area contributed by atoms with E-state index in [2.05, 4.69) is 9.97 Å². The maximum absolute atomic E-state index is 6.04. The largest absolute Gasteiger partial charge is 0.381 e. The molecule has 1 aromatic carbocycles. The third-order valence-corrected chi connectivity index (χ3v) is 3.69. The van der Waals surface area contributed by atoms with Gasteiger partial charge in [0.05, 0.1) is 17.1 Å². The Hall–Kier alpha value is -1.88. The van der Waals surface area contributed by atoms with Crippen LogP contribution in [0.1, 0.15) is 19.3 Å². The molecule has 2 N–H and O–H groups in total. The highest BCUT2D eigenvalue weighted by Crippen LogP contribution is 2.23. The first-order valence-corrected chi connectivity index (χ1v) is 7.09. The van der Waals surface area contributed by atoms with Crippen molar-refractivity contribution in [2.24, 2.45) is 0 Å². The number of nitrogens with two attached hydrogens (primary N) is 1. The molecule has 1 unspecified atom stereocenters. The van der Waals surface area contributed by atoms with E-state index in [1.54, 1.807) is 0 Å². The number of anilines is 2. The number of hydrogen-bond acceptors (Lipinski definition) is 5. The molecule has 0 saturated carbocycles. The molecule has 5 nitrogen and oxygen atoms in total. The van der Waals surface area contributed by atoms with Crippen LogP contribution in [0.2, 0.25) is 0 Å². The average Bonchev–Trinajstić information content (AvgIpc) is 2.47. The molecule has 1 saturated heterocycles. The summed E-state index contributed by atoms with van der Waals surface area (Å²) >= 11 is 0. The van der Waals surface area contributed by atoms with E-state index >= 15 is 0 Å². The molecule has 1 atom stereocenters. The number of nitrogen functional groups attached to an aromatic ring is 1. The number of rotatable bonds is 3. The first-order valence-electron chi connectivity index (χ1n) is 7.09. The van der Waals surface area contributed by atoms with Crippen molar-refractivity contribution < 1.29 is 4.74 Å². The van der Waals surface area contributed by atoms with Gasteiger partial charge in [-0.05, 0) is 31.4 Å². The van der Waals surface area contributed by atoms with Crippen LogP contribution in [0, 0.1) is 0 Å². The average molecular weight is 272 g/mol. The van der Waals surface area contributed by atoms with E-state index in [1.165, 1.54) is 6.42 Å². The second-order valence-corrected chi connectivity index (χ2v) is 5.29. The lowest BCUT2D eigenvalue weighted by Gasteiger charge is -2.28. The molecular weight excluding hydrogens is 252 g/mol. The van der Waals surface area contributed by atoms with Crippen LogP contribution in [0.15, 0.2) is 24.3 Å². The van der Waals surface area contributed by atoms with Gasteiger partial charge in [0.15, 0.2) is 11.6 Å². The number of likely N-dealkylation sites (N-methyl/N-ethyl adjacent to an activating group) is 1. The SMILES string of the molecule is CN(CC1CCCCO1)c1nc2ccccc2nc1N. The van der Waals surface area contributed by atoms with Gasteiger partial charge >= 0.3 is 0 Å². The standard InChI is InChI=1S/C15H20N4O/c1-19(10-11-6-4-5-9-20-11)15-14(16)17-12-7-2-3-8-13(12)18-15/h2-3,7-8,11H,4-6,9-10H2,1H3,(H2,16,17). The normalized spacial score (nSPS) is 19.1.